The second-order valence-electron chi connectivity index (χ2n) is 4.01. The molecule has 0 aliphatic heterocycles. The van der Waals surface area contributed by atoms with Crippen LogP contribution in [0.5, 0.6) is 5.75 Å². The number of aromatic amines is 1. The van der Waals surface area contributed by atoms with Gasteiger partial charge in [-0.2, -0.15) is 0 Å². The predicted octanol–water partition coefficient (Wildman–Crippen LogP) is 2.24. The summed E-state index contributed by atoms with van der Waals surface area (Å²) in [6, 6.07) is 3.58. The summed E-state index contributed by atoms with van der Waals surface area (Å²) in [7, 11) is 1.57. The van der Waals surface area contributed by atoms with Crippen LogP contribution in [0.25, 0.3) is 10.9 Å². The van der Waals surface area contributed by atoms with Crippen LogP contribution in [0, 0.1) is 6.92 Å². The van der Waals surface area contributed by atoms with E-state index in [1.807, 2.05) is 13.0 Å². The van der Waals surface area contributed by atoms with Crippen molar-refractivity contribution in [3.05, 3.63) is 23.4 Å². The Morgan fingerprint density at radius 2 is 2.17 bits per heavy atom. The molecule has 0 fully saturated rings. The molecule has 1 aromatic heterocycles. The number of aryl methyl sites for hydroxylation is 1. The molecular weight excluding hydrogens is 232 g/mol. The van der Waals surface area contributed by atoms with E-state index in [4.69, 9.17) is 15.2 Å². The summed E-state index contributed by atoms with van der Waals surface area (Å²) in [6.45, 7) is 4.01. The third-order valence-corrected chi connectivity index (χ3v) is 2.80. The predicted molar refractivity (Wildman–Crippen MR) is 70.0 cm³/mol. The minimum Gasteiger partial charge on any atom is -0.494 e. The van der Waals surface area contributed by atoms with Crippen LogP contribution in [0.4, 0.5) is 5.69 Å². The zero-order chi connectivity index (χ0) is 13.3. The van der Waals surface area contributed by atoms with Gasteiger partial charge in [-0.3, -0.25) is 0 Å². The van der Waals surface area contributed by atoms with Crippen molar-refractivity contribution in [3.63, 3.8) is 0 Å². The Balaban J connectivity index is 2.58. The highest BCUT2D eigenvalue weighted by Crippen LogP contribution is 2.34. The molecule has 0 aliphatic carbocycles. The lowest BCUT2D eigenvalue weighted by molar-refractivity contribution is 0.0520. The number of fused-ring (bicyclic) bond motifs is 1. The molecule has 5 heteroatoms. The van der Waals surface area contributed by atoms with Gasteiger partial charge in [0.2, 0.25) is 0 Å². The number of hydrogen-bond acceptors (Lipinski definition) is 4. The molecule has 2 rings (SSSR count). The second kappa shape index (κ2) is 4.60. The summed E-state index contributed by atoms with van der Waals surface area (Å²) in [4.78, 5) is 14.6. The van der Waals surface area contributed by atoms with E-state index in [1.165, 1.54) is 0 Å². The molecule has 0 unspecified atom stereocenters. The first-order valence-corrected chi connectivity index (χ1v) is 5.71. The lowest BCUT2D eigenvalue weighted by atomic mass is 10.1. The minimum absolute atomic E-state index is 0.339. The van der Waals surface area contributed by atoms with E-state index in [-0.39, 0.29) is 5.97 Å². The van der Waals surface area contributed by atoms with Crippen LogP contribution in [0.3, 0.4) is 0 Å². The van der Waals surface area contributed by atoms with E-state index in [2.05, 4.69) is 4.98 Å². The van der Waals surface area contributed by atoms with Crippen LogP contribution in [0.2, 0.25) is 0 Å². The van der Waals surface area contributed by atoms with Gasteiger partial charge in [-0.15, -0.1) is 0 Å². The zero-order valence-electron chi connectivity index (χ0n) is 10.7. The highest BCUT2D eigenvalue weighted by molar-refractivity contribution is 6.01. The normalized spacial score (nSPS) is 10.6. The fraction of sp³-hybridized carbons (Fsp3) is 0.308. The number of nitrogens with two attached hydrogens (primary N) is 1. The third kappa shape index (κ3) is 1.88. The van der Waals surface area contributed by atoms with Gasteiger partial charge in [-0.1, -0.05) is 0 Å². The highest BCUT2D eigenvalue weighted by Gasteiger charge is 2.15. The van der Waals surface area contributed by atoms with Crippen molar-refractivity contribution in [2.75, 3.05) is 19.5 Å². The van der Waals surface area contributed by atoms with Crippen LogP contribution in [0.1, 0.15) is 23.0 Å². The molecule has 18 heavy (non-hydrogen) atoms. The maximum absolute atomic E-state index is 11.6. The number of methoxy groups -OCH3 is 1. The van der Waals surface area contributed by atoms with Gasteiger partial charge in [0.25, 0.3) is 0 Å². The number of nitrogens with one attached hydrogen (secondary N) is 1. The molecule has 0 saturated heterocycles. The molecule has 0 spiro atoms. The molecule has 0 bridgehead atoms. The Bertz CT molecular complexity index is 602. The number of nitrogen functional groups attached to an aromatic ring is 1. The average Bonchev–Trinajstić information content (AvgIpc) is 2.74. The van der Waals surface area contributed by atoms with Gasteiger partial charge < -0.3 is 20.2 Å². The van der Waals surface area contributed by atoms with E-state index < -0.39 is 0 Å². The smallest absolute Gasteiger partial charge is 0.354 e. The van der Waals surface area contributed by atoms with E-state index in [1.54, 1.807) is 20.1 Å². The molecule has 0 atom stereocenters. The summed E-state index contributed by atoms with van der Waals surface area (Å²) < 4.78 is 10.2. The SMILES string of the molecule is CCOC(=O)c1cc2c(N)c(OC)c(C)cc2[nH]1. The number of benzene rings is 1. The van der Waals surface area contributed by atoms with Crippen molar-refractivity contribution in [1.29, 1.82) is 0 Å². The zero-order valence-corrected chi connectivity index (χ0v) is 10.7. The number of rotatable bonds is 3. The number of H-pyrrole nitrogens is 1. The molecule has 0 radical (unpaired) electrons. The monoisotopic (exact) mass is 248 g/mol. The summed E-state index contributed by atoms with van der Waals surface area (Å²) in [5, 5.41) is 0.764. The van der Waals surface area contributed by atoms with Gasteiger partial charge in [-0.25, -0.2) is 4.79 Å². The number of carbonyl (C=O) groups excluding carboxylic acids is 1. The first-order chi connectivity index (χ1) is 8.58. The first kappa shape index (κ1) is 12.3. The van der Waals surface area contributed by atoms with E-state index in [9.17, 15) is 4.79 Å². The number of esters is 1. The van der Waals surface area contributed by atoms with Crippen LogP contribution in [-0.2, 0) is 4.74 Å². The fourth-order valence-corrected chi connectivity index (χ4v) is 2.01. The van der Waals surface area contributed by atoms with Gasteiger partial charge in [0.15, 0.2) is 0 Å². The van der Waals surface area contributed by atoms with Crippen molar-refractivity contribution in [3.8, 4) is 5.75 Å². The molecular formula is C13H16N2O3. The van der Waals surface area contributed by atoms with Crippen molar-refractivity contribution in [2.45, 2.75) is 13.8 Å². The molecule has 0 aliphatic rings. The molecule has 0 saturated carbocycles. The summed E-state index contributed by atoms with van der Waals surface area (Å²) >= 11 is 0. The molecule has 2 aromatic rings. The van der Waals surface area contributed by atoms with Crippen LogP contribution < -0.4 is 10.5 Å². The molecule has 1 heterocycles. The van der Waals surface area contributed by atoms with Crippen molar-refractivity contribution < 1.29 is 14.3 Å². The Kier molecular flexibility index (Phi) is 3.14. The van der Waals surface area contributed by atoms with Crippen LogP contribution in [-0.4, -0.2) is 24.7 Å². The topological polar surface area (TPSA) is 77.3 Å². The highest BCUT2D eigenvalue weighted by atomic mass is 16.5. The molecule has 0 amide bonds. The molecule has 1 aromatic carbocycles. The summed E-state index contributed by atoms with van der Waals surface area (Å²) in [5.41, 5.74) is 8.66. The Morgan fingerprint density at radius 3 is 2.78 bits per heavy atom. The maximum Gasteiger partial charge on any atom is 0.354 e. The van der Waals surface area contributed by atoms with Gasteiger partial charge in [0.05, 0.1) is 19.4 Å². The van der Waals surface area contributed by atoms with Crippen LogP contribution >= 0.6 is 0 Å². The number of aromatic nitrogens is 1. The fourth-order valence-electron chi connectivity index (χ4n) is 2.01. The van der Waals surface area contributed by atoms with Crippen molar-refractivity contribution in [2.24, 2.45) is 0 Å². The average molecular weight is 248 g/mol. The van der Waals surface area contributed by atoms with E-state index in [0.29, 0.717) is 23.7 Å². The maximum atomic E-state index is 11.6. The van der Waals surface area contributed by atoms with Crippen molar-refractivity contribution >= 4 is 22.6 Å². The lowest BCUT2D eigenvalue weighted by Crippen LogP contribution is -2.04. The van der Waals surface area contributed by atoms with E-state index in [0.717, 1.165) is 16.5 Å². The minimum atomic E-state index is -0.385. The van der Waals surface area contributed by atoms with E-state index >= 15 is 0 Å². The number of anilines is 1. The largest absolute Gasteiger partial charge is 0.494 e. The van der Waals surface area contributed by atoms with Gasteiger partial charge in [-0.05, 0) is 31.5 Å². The van der Waals surface area contributed by atoms with Crippen molar-refractivity contribution in [1.82, 2.24) is 4.98 Å². The molecule has 5 nitrogen and oxygen atoms in total. The van der Waals surface area contributed by atoms with Crippen LogP contribution in [0.15, 0.2) is 12.1 Å². The number of hydrogen-bond donors (Lipinski definition) is 2. The Labute approximate surface area is 105 Å². The standard InChI is InChI=1S/C13H16N2O3/c1-4-18-13(16)10-6-8-9(15-10)5-7(2)12(17-3)11(8)14/h5-6,15H,4,14H2,1-3H3. The molecule has 96 valence electrons. The quantitative estimate of drug-likeness (QED) is 0.645. The van der Waals surface area contributed by atoms with Gasteiger partial charge in [0.1, 0.15) is 11.4 Å². The lowest BCUT2D eigenvalue weighted by Gasteiger charge is -2.08. The number of carbonyl (C=O) groups is 1. The third-order valence-electron chi connectivity index (χ3n) is 2.80. The van der Waals surface area contributed by atoms with Gasteiger partial charge >= 0.3 is 5.97 Å². The second-order valence-corrected chi connectivity index (χ2v) is 4.01. The Hall–Kier alpha value is -2.17. The summed E-state index contributed by atoms with van der Waals surface area (Å²) in [6.07, 6.45) is 0. The summed E-state index contributed by atoms with van der Waals surface area (Å²) in [5.74, 6) is 0.252. The molecule has 3 N–H and O–H groups in total. The number of ether oxygens (including phenoxy) is 2. The Morgan fingerprint density at radius 1 is 1.44 bits per heavy atom. The first-order valence-electron chi connectivity index (χ1n) is 5.71. The van der Waals surface area contributed by atoms with Gasteiger partial charge in [0, 0.05) is 10.9 Å².